The first-order chi connectivity index (χ1) is 19.3. The van der Waals surface area contributed by atoms with Gasteiger partial charge < -0.3 is 20.1 Å². The Hall–Kier alpha value is -3.83. The van der Waals surface area contributed by atoms with Crippen LogP contribution in [0.5, 0.6) is 11.5 Å². The molecule has 43 heavy (non-hydrogen) atoms. The summed E-state index contributed by atoms with van der Waals surface area (Å²) in [4.78, 5) is 40.2. The summed E-state index contributed by atoms with van der Waals surface area (Å²) in [6, 6.07) is 4.89. The van der Waals surface area contributed by atoms with Gasteiger partial charge in [-0.25, -0.2) is 0 Å². The number of carboxylic acid groups (broad SMARTS) is 1. The Morgan fingerprint density at radius 2 is 1.09 bits per heavy atom. The second-order valence-corrected chi connectivity index (χ2v) is 12.3. The van der Waals surface area contributed by atoms with Crippen molar-refractivity contribution in [3.05, 3.63) is 66.7 Å². The Kier molecular flexibility index (Phi) is 13.0. The quantitative estimate of drug-likeness (QED) is 0.189. The standard InChI is InChI=1S/C28H36N4O6.C2H4O2.Mn/c1-27(2,3)21-13-19(31(35)36)11-17(25(21)33)15-29-23-9-7-8-10-24(23)30-16-18-12-20(32(37)38)14-22(26(18)34)28(4,5)6;1-2(3)4;/h11-16,23-24,33-34H,7-10H2,1-6H3;1H3,(H,3,4);/p-1. The monoisotopic (exact) mass is 638 g/mol. The predicted molar refractivity (Wildman–Crippen MR) is 159 cm³/mol. The molecule has 0 amide bonds. The van der Waals surface area contributed by atoms with Gasteiger partial charge in [-0.05, 0) is 30.6 Å². The Bertz CT molecular complexity index is 1290. The topological polar surface area (TPSA) is 192 Å². The van der Waals surface area contributed by atoms with E-state index in [0.717, 1.165) is 32.6 Å². The Labute approximate surface area is 261 Å². The van der Waals surface area contributed by atoms with Gasteiger partial charge in [-0.3, -0.25) is 30.2 Å². The first-order valence-corrected chi connectivity index (χ1v) is 13.6. The number of carboxylic acids is 1. The number of aliphatic imine (C=N–C) groups is 2. The number of benzene rings is 2. The third kappa shape index (κ3) is 10.4. The van der Waals surface area contributed by atoms with Crippen LogP contribution in [0.15, 0.2) is 34.3 Å². The summed E-state index contributed by atoms with van der Waals surface area (Å²) in [6.45, 7) is 12.2. The molecule has 2 unspecified atom stereocenters. The van der Waals surface area contributed by atoms with Crippen LogP contribution in [0.4, 0.5) is 11.4 Å². The summed E-state index contributed by atoms with van der Waals surface area (Å²) in [5, 5.41) is 53.6. The van der Waals surface area contributed by atoms with Gasteiger partial charge in [0.2, 0.25) is 0 Å². The third-order valence-electron chi connectivity index (χ3n) is 6.79. The number of phenols is 2. The number of nitro benzene ring substituents is 2. The van der Waals surface area contributed by atoms with Gasteiger partial charge in [-0.1, -0.05) is 54.4 Å². The third-order valence-corrected chi connectivity index (χ3v) is 6.79. The van der Waals surface area contributed by atoms with Crippen LogP contribution in [0.3, 0.4) is 0 Å². The van der Waals surface area contributed by atoms with Crippen molar-refractivity contribution in [2.24, 2.45) is 9.98 Å². The van der Waals surface area contributed by atoms with E-state index < -0.39 is 26.6 Å². The molecule has 2 N–H and O–H groups in total. The average Bonchev–Trinajstić information content (AvgIpc) is 2.86. The van der Waals surface area contributed by atoms with E-state index in [9.17, 15) is 30.4 Å². The summed E-state index contributed by atoms with van der Waals surface area (Å²) in [5.74, 6) is -1.17. The molecule has 12 nitrogen and oxygen atoms in total. The fourth-order valence-corrected chi connectivity index (χ4v) is 4.62. The molecule has 0 heterocycles. The molecule has 2 atom stereocenters. The number of aromatic hydroxyl groups is 2. The fourth-order valence-electron chi connectivity index (χ4n) is 4.62. The van der Waals surface area contributed by atoms with Crippen molar-refractivity contribution in [2.75, 3.05) is 0 Å². The summed E-state index contributed by atoms with van der Waals surface area (Å²) >= 11 is 0. The SMILES string of the molecule is CC(=O)[O-].CC(C)(C)c1cc([N+](=O)[O-])cc(C=NC2CCCCC2N=Cc2cc([N+](=O)[O-])cc(C(C)(C)C)c2O)c1O.[Mn]. The number of hydrogen-bond acceptors (Lipinski definition) is 10. The average molecular weight is 639 g/mol. The minimum atomic E-state index is -1.08. The van der Waals surface area contributed by atoms with Gasteiger partial charge in [0.1, 0.15) is 11.5 Å². The van der Waals surface area contributed by atoms with Gasteiger partial charge in [0.25, 0.3) is 11.4 Å². The van der Waals surface area contributed by atoms with Crippen LogP contribution in [0.25, 0.3) is 0 Å². The molecule has 0 spiro atoms. The van der Waals surface area contributed by atoms with Crippen molar-refractivity contribution in [3.8, 4) is 11.5 Å². The van der Waals surface area contributed by atoms with E-state index in [-0.39, 0.29) is 63.2 Å². The zero-order chi connectivity index (χ0) is 32.0. The first kappa shape index (κ1) is 37.2. The summed E-state index contributed by atoms with van der Waals surface area (Å²) in [5.41, 5.74) is 0.188. The van der Waals surface area contributed by atoms with Crippen LogP contribution in [0, 0.1) is 20.2 Å². The van der Waals surface area contributed by atoms with Crippen LogP contribution in [0.2, 0.25) is 0 Å². The Balaban J connectivity index is 0.00000174. The van der Waals surface area contributed by atoms with Gasteiger partial charge in [0.05, 0.1) is 21.9 Å². The van der Waals surface area contributed by atoms with Gasteiger partial charge in [0.15, 0.2) is 0 Å². The van der Waals surface area contributed by atoms with E-state index >= 15 is 0 Å². The van der Waals surface area contributed by atoms with Crippen LogP contribution < -0.4 is 5.11 Å². The van der Waals surface area contributed by atoms with E-state index in [1.807, 2.05) is 41.5 Å². The molecule has 0 bridgehead atoms. The predicted octanol–water partition coefficient (Wildman–Crippen LogP) is 5.11. The molecule has 1 radical (unpaired) electrons. The number of carbonyl (C=O) groups excluding carboxylic acids is 1. The molecule has 3 rings (SSSR count). The number of carbonyl (C=O) groups is 1. The van der Waals surface area contributed by atoms with E-state index in [1.54, 1.807) is 0 Å². The molecule has 0 aliphatic heterocycles. The van der Waals surface area contributed by atoms with Crippen LogP contribution >= 0.6 is 0 Å². The van der Waals surface area contributed by atoms with Crippen molar-refractivity contribution < 1.29 is 47.0 Å². The maximum atomic E-state index is 11.5. The molecule has 2 aromatic carbocycles. The number of phenolic OH excluding ortho intramolecular Hbond substituents is 2. The van der Waals surface area contributed by atoms with E-state index in [4.69, 9.17) is 9.90 Å². The van der Waals surface area contributed by atoms with Gasteiger partial charge in [0, 0.05) is 82.0 Å². The molecule has 235 valence electrons. The van der Waals surface area contributed by atoms with Crippen LogP contribution in [0.1, 0.15) is 96.4 Å². The number of aliphatic carboxylic acids is 1. The normalized spacial score (nSPS) is 17.2. The Morgan fingerprint density at radius 3 is 1.35 bits per heavy atom. The molecule has 1 saturated carbocycles. The zero-order valence-corrected chi connectivity index (χ0v) is 26.6. The van der Waals surface area contributed by atoms with E-state index in [1.165, 1.54) is 36.7 Å². The Morgan fingerprint density at radius 1 is 0.791 bits per heavy atom. The number of rotatable bonds is 6. The molecule has 1 aliphatic carbocycles. The van der Waals surface area contributed by atoms with E-state index in [0.29, 0.717) is 11.1 Å². The van der Waals surface area contributed by atoms with Crippen LogP contribution in [-0.4, -0.2) is 50.5 Å². The smallest absolute Gasteiger partial charge is 0.270 e. The summed E-state index contributed by atoms with van der Waals surface area (Å²) in [6.07, 6.45) is 6.26. The minimum absolute atomic E-state index is 0. The van der Waals surface area contributed by atoms with Crippen LogP contribution in [-0.2, 0) is 32.7 Å². The first-order valence-electron chi connectivity index (χ1n) is 13.6. The van der Waals surface area contributed by atoms with Crippen molar-refractivity contribution in [1.82, 2.24) is 0 Å². The van der Waals surface area contributed by atoms with Gasteiger partial charge >= 0.3 is 0 Å². The number of nitro groups is 2. The molecule has 1 fully saturated rings. The molecular formula is C30H39MnN4O8-. The minimum Gasteiger partial charge on any atom is -0.550 e. The largest absolute Gasteiger partial charge is 0.550 e. The second-order valence-electron chi connectivity index (χ2n) is 12.3. The molecule has 2 aromatic rings. The van der Waals surface area contributed by atoms with Crippen molar-refractivity contribution in [2.45, 2.75) is 97.1 Å². The maximum absolute atomic E-state index is 11.5. The molecule has 0 saturated heterocycles. The molecule has 1 aliphatic rings. The van der Waals surface area contributed by atoms with Crippen molar-refractivity contribution >= 4 is 29.8 Å². The molecular weight excluding hydrogens is 599 g/mol. The molecule has 0 aromatic heterocycles. The number of nitrogens with zero attached hydrogens (tertiary/aromatic N) is 4. The fraction of sp³-hybridized carbons (Fsp3) is 0.500. The van der Waals surface area contributed by atoms with E-state index in [2.05, 4.69) is 9.98 Å². The maximum Gasteiger partial charge on any atom is 0.270 e. The van der Waals surface area contributed by atoms with Gasteiger partial charge in [-0.2, -0.15) is 0 Å². The summed E-state index contributed by atoms with van der Waals surface area (Å²) in [7, 11) is 0. The number of non-ortho nitro benzene ring substituents is 2. The second kappa shape index (κ2) is 15.1. The number of hydrogen-bond donors (Lipinski definition) is 2. The van der Waals surface area contributed by atoms with Crippen molar-refractivity contribution in [1.29, 1.82) is 0 Å². The zero-order valence-electron chi connectivity index (χ0n) is 25.5. The summed E-state index contributed by atoms with van der Waals surface area (Å²) < 4.78 is 0. The molecule has 13 heteroatoms. The van der Waals surface area contributed by atoms with Gasteiger partial charge in [-0.15, -0.1) is 0 Å². The van der Waals surface area contributed by atoms with Crippen molar-refractivity contribution in [3.63, 3.8) is 0 Å².